The van der Waals surface area contributed by atoms with E-state index < -0.39 is 17.5 Å². The second kappa shape index (κ2) is 12.9. The average molecular weight is 714 g/mol. The van der Waals surface area contributed by atoms with Crippen LogP contribution in [0.4, 0.5) is 0 Å². The van der Waals surface area contributed by atoms with E-state index in [1.165, 1.54) is 11.1 Å². The van der Waals surface area contributed by atoms with Gasteiger partial charge in [-0.05, 0) is 138 Å². The SMILES string of the molecule is COCC(=O)N(CC1CC1)C[C@H](O)[C@@]12CC[C@]3(C)[C@H](CC[C@@H]4[C@@]5(C)CC=C(c6ccc(C(=O)O)cc6)C(C)(C)[C@@H]5CC[C@]43C)C1=C(C(C)C)C(=O)C2. The summed E-state index contributed by atoms with van der Waals surface area (Å²) in [5.74, 6) is 1.04. The Morgan fingerprint density at radius 2 is 1.62 bits per heavy atom. The molecule has 2 N–H and O–H groups in total. The first kappa shape index (κ1) is 37.5. The lowest BCUT2D eigenvalue weighted by Gasteiger charge is -2.71. The van der Waals surface area contributed by atoms with Gasteiger partial charge < -0.3 is 19.8 Å². The lowest BCUT2D eigenvalue weighted by atomic mass is 9.33. The number of nitrogens with zero attached hydrogens (tertiary/aromatic N) is 1. The van der Waals surface area contributed by atoms with Gasteiger partial charge in [-0.25, -0.2) is 4.79 Å². The lowest BCUT2D eigenvalue weighted by molar-refractivity contribution is -0.200. The quantitative estimate of drug-likeness (QED) is 0.252. The summed E-state index contributed by atoms with van der Waals surface area (Å²) in [6.07, 6.45) is 11.4. The molecule has 6 aliphatic carbocycles. The van der Waals surface area contributed by atoms with Gasteiger partial charge >= 0.3 is 5.97 Å². The van der Waals surface area contributed by atoms with Crippen molar-refractivity contribution in [2.75, 3.05) is 26.8 Å². The molecule has 52 heavy (non-hydrogen) atoms. The van der Waals surface area contributed by atoms with E-state index in [1.807, 2.05) is 17.0 Å². The summed E-state index contributed by atoms with van der Waals surface area (Å²) in [4.78, 5) is 40.8. The van der Waals surface area contributed by atoms with Gasteiger partial charge in [0.1, 0.15) is 6.61 Å². The lowest BCUT2D eigenvalue weighted by Crippen LogP contribution is -2.64. The average Bonchev–Trinajstić information content (AvgIpc) is 3.84. The molecule has 1 amide bonds. The third-order valence-electron chi connectivity index (χ3n) is 16.3. The number of aliphatic hydroxyl groups is 1. The number of benzene rings is 1. The molecule has 4 fully saturated rings. The van der Waals surface area contributed by atoms with Gasteiger partial charge in [-0.1, -0.05) is 72.2 Å². The topological polar surface area (TPSA) is 104 Å². The largest absolute Gasteiger partial charge is 0.478 e. The minimum atomic E-state index is -0.896. The zero-order valence-electron chi connectivity index (χ0n) is 33.0. The summed E-state index contributed by atoms with van der Waals surface area (Å²) in [6, 6.07) is 7.45. The monoisotopic (exact) mass is 713 g/mol. The van der Waals surface area contributed by atoms with Crippen LogP contribution in [0.3, 0.4) is 0 Å². The second-order valence-corrected chi connectivity index (χ2v) is 19.5. The van der Waals surface area contributed by atoms with Crippen LogP contribution in [0.1, 0.15) is 129 Å². The Bertz CT molecular complexity index is 1680. The molecule has 0 saturated heterocycles. The molecule has 0 bridgehead atoms. The highest BCUT2D eigenvalue weighted by Crippen LogP contribution is 2.77. The van der Waals surface area contributed by atoms with E-state index in [0.717, 1.165) is 68.9 Å². The van der Waals surface area contributed by atoms with Crippen LogP contribution >= 0.6 is 0 Å². The number of allylic oxidation sites excluding steroid dienone is 3. The Kier molecular flexibility index (Phi) is 9.33. The van der Waals surface area contributed by atoms with Gasteiger partial charge in [0.15, 0.2) is 5.78 Å². The zero-order valence-corrected chi connectivity index (χ0v) is 33.0. The third-order valence-corrected chi connectivity index (χ3v) is 16.3. The van der Waals surface area contributed by atoms with Crippen LogP contribution in [0.25, 0.3) is 5.57 Å². The van der Waals surface area contributed by atoms with E-state index in [4.69, 9.17) is 4.74 Å². The van der Waals surface area contributed by atoms with Gasteiger partial charge in [0, 0.05) is 32.0 Å². The van der Waals surface area contributed by atoms with Gasteiger partial charge in [-0.3, -0.25) is 9.59 Å². The molecular formula is C45H63NO6. The molecule has 7 nitrogen and oxygen atoms in total. The van der Waals surface area contributed by atoms with Gasteiger partial charge in [0.05, 0.1) is 11.7 Å². The van der Waals surface area contributed by atoms with Crippen LogP contribution in [-0.4, -0.2) is 65.7 Å². The number of ketones is 1. The minimum absolute atomic E-state index is 0.00992. The fourth-order valence-corrected chi connectivity index (χ4v) is 13.5. The molecule has 284 valence electrons. The third kappa shape index (κ3) is 5.52. The number of ether oxygens (including phenoxy) is 1. The van der Waals surface area contributed by atoms with Crippen molar-refractivity contribution in [3.63, 3.8) is 0 Å². The molecule has 1 aromatic carbocycles. The van der Waals surface area contributed by atoms with Crippen LogP contribution in [-0.2, 0) is 14.3 Å². The molecule has 4 saturated carbocycles. The Labute approximate surface area is 311 Å². The Balaban J connectivity index is 1.23. The number of carboxylic acids is 1. The molecule has 1 aromatic rings. The van der Waals surface area contributed by atoms with E-state index in [2.05, 4.69) is 54.5 Å². The van der Waals surface area contributed by atoms with Crippen LogP contribution in [0.5, 0.6) is 0 Å². The maximum Gasteiger partial charge on any atom is 0.335 e. The van der Waals surface area contributed by atoms with Crippen molar-refractivity contribution in [3.8, 4) is 0 Å². The number of hydrogen-bond acceptors (Lipinski definition) is 5. The molecule has 0 heterocycles. The molecular weight excluding hydrogens is 650 g/mol. The van der Waals surface area contributed by atoms with Crippen molar-refractivity contribution in [3.05, 3.63) is 52.6 Å². The summed E-state index contributed by atoms with van der Waals surface area (Å²) < 4.78 is 5.25. The van der Waals surface area contributed by atoms with Crippen molar-refractivity contribution in [1.82, 2.24) is 4.90 Å². The Morgan fingerprint density at radius 3 is 2.23 bits per heavy atom. The van der Waals surface area contributed by atoms with E-state index >= 15 is 0 Å². The number of rotatable bonds is 10. The standard InChI is InChI=1S/C45H63NO6/c1-27(2)38-33(47)23-45(36(48)25-46(24-28-9-10-28)37(49)26-52-8)22-21-43(6)32(39(38)45)15-16-35-42(5)19-17-31(29-11-13-30(14-12-29)40(50)51)41(3,4)34(42)18-20-44(35,43)7/h11-14,17,27-28,32,34-36,48H,9-10,15-16,18-26H2,1-8H3,(H,50,51)/t32-,34+,35-,36+,42+,43-,44-,45+/m1/s1. The van der Waals surface area contributed by atoms with Crippen LogP contribution in [0.2, 0.25) is 0 Å². The first-order valence-corrected chi connectivity index (χ1v) is 20.2. The van der Waals surface area contributed by atoms with Crippen LogP contribution in [0, 0.1) is 56.7 Å². The number of methoxy groups -OCH3 is 1. The molecule has 6 aliphatic rings. The van der Waals surface area contributed by atoms with Crippen molar-refractivity contribution in [2.45, 2.75) is 119 Å². The predicted molar refractivity (Wildman–Crippen MR) is 203 cm³/mol. The molecule has 0 aliphatic heterocycles. The number of carbonyl (C=O) groups is 3. The van der Waals surface area contributed by atoms with Crippen molar-refractivity contribution in [1.29, 1.82) is 0 Å². The number of Topliss-reactive ketones (excluding diaryl/α,β-unsaturated/α-hetero) is 1. The highest BCUT2D eigenvalue weighted by molar-refractivity contribution is 6.01. The van der Waals surface area contributed by atoms with Crippen molar-refractivity contribution in [2.24, 2.45) is 56.7 Å². The molecule has 0 aromatic heterocycles. The molecule has 8 atom stereocenters. The number of aliphatic hydroxyl groups excluding tert-OH is 1. The van der Waals surface area contributed by atoms with Gasteiger partial charge in [-0.2, -0.15) is 0 Å². The summed E-state index contributed by atoms with van der Waals surface area (Å²) in [5, 5.41) is 21.9. The molecule has 0 spiro atoms. The fourth-order valence-electron chi connectivity index (χ4n) is 13.5. The number of amides is 1. The predicted octanol–water partition coefficient (Wildman–Crippen LogP) is 8.60. The summed E-state index contributed by atoms with van der Waals surface area (Å²) >= 11 is 0. The molecule has 7 heteroatoms. The minimum Gasteiger partial charge on any atom is -0.478 e. The number of fused-ring (bicyclic) bond motifs is 7. The Hall–Kier alpha value is -2.77. The van der Waals surface area contributed by atoms with Gasteiger partial charge in [0.25, 0.3) is 0 Å². The highest BCUT2D eigenvalue weighted by Gasteiger charge is 2.70. The van der Waals surface area contributed by atoms with Gasteiger partial charge in [0.2, 0.25) is 5.91 Å². The maximum atomic E-state index is 14.1. The van der Waals surface area contributed by atoms with Crippen molar-refractivity contribution < 1.29 is 29.3 Å². The molecule has 0 unspecified atom stereocenters. The van der Waals surface area contributed by atoms with Gasteiger partial charge in [-0.15, -0.1) is 0 Å². The number of carbonyl (C=O) groups excluding carboxylic acids is 2. The number of carboxylic acid groups (broad SMARTS) is 1. The number of aromatic carboxylic acids is 1. The second-order valence-electron chi connectivity index (χ2n) is 19.5. The van der Waals surface area contributed by atoms with E-state index in [9.17, 15) is 24.6 Å². The maximum absolute atomic E-state index is 14.1. The van der Waals surface area contributed by atoms with Crippen LogP contribution < -0.4 is 0 Å². The Morgan fingerprint density at radius 1 is 0.923 bits per heavy atom. The first-order chi connectivity index (χ1) is 24.4. The summed E-state index contributed by atoms with van der Waals surface area (Å²) in [6.45, 7) is 17.7. The van der Waals surface area contributed by atoms with E-state index in [-0.39, 0.29) is 58.3 Å². The van der Waals surface area contributed by atoms with Crippen LogP contribution in [0.15, 0.2) is 41.5 Å². The molecule has 7 rings (SSSR count). The molecule has 0 radical (unpaired) electrons. The zero-order chi connectivity index (χ0) is 37.6. The normalized spacial score (nSPS) is 37.1. The highest BCUT2D eigenvalue weighted by atomic mass is 16.5. The summed E-state index contributed by atoms with van der Waals surface area (Å²) in [5.41, 5.74) is 4.46. The first-order valence-electron chi connectivity index (χ1n) is 20.2. The van der Waals surface area contributed by atoms with Crippen molar-refractivity contribution >= 4 is 23.2 Å². The fraction of sp³-hybridized carbons (Fsp3) is 0.711. The van der Waals surface area contributed by atoms with E-state index in [0.29, 0.717) is 36.3 Å². The number of hydrogen-bond donors (Lipinski definition) is 2. The smallest absolute Gasteiger partial charge is 0.335 e. The summed E-state index contributed by atoms with van der Waals surface area (Å²) in [7, 11) is 1.55. The van der Waals surface area contributed by atoms with E-state index in [1.54, 1.807) is 19.2 Å².